The number of methoxy groups -OCH3 is 2. The largest absolute Gasteiger partial charge is 0.501 e. The third-order valence-electron chi connectivity index (χ3n) is 1.04. The van der Waals surface area contributed by atoms with Crippen molar-refractivity contribution in [2.24, 2.45) is 0 Å². The number of ketones is 1. The lowest BCUT2D eigenvalue weighted by molar-refractivity contribution is -0.149. The monoisotopic (exact) mass is 158 g/mol. The van der Waals surface area contributed by atoms with E-state index in [0.29, 0.717) is 5.76 Å². The second kappa shape index (κ2) is 4.49. The predicted octanol–water partition coefficient (Wildman–Crippen LogP) is 0.279. The standard InChI is InChI=1S/C7H10O4/c1-5(10-2)4-6(8)7(9)11-3/h4H,1-3H3. The summed E-state index contributed by atoms with van der Waals surface area (Å²) < 4.78 is 8.82. The fourth-order valence-corrected chi connectivity index (χ4v) is 0.403. The van der Waals surface area contributed by atoms with Crippen molar-refractivity contribution in [3.05, 3.63) is 11.8 Å². The van der Waals surface area contributed by atoms with Crippen molar-refractivity contribution in [2.45, 2.75) is 6.92 Å². The van der Waals surface area contributed by atoms with Crippen LogP contribution in [0.5, 0.6) is 0 Å². The summed E-state index contributed by atoms with van der Waals surface area (Å²) in [7, 11) is 2.56. The molecule has 0 aromatic carbocycles. The van der Waals surface area contributed by atoms with E-state index in [9.17, 15) is 9.59 Å². The van der Waals surface area contributed by atoms with Crippen molar-refractivity contribution in [2.75, 3.05) is 14.2 Å². The van der Waals surface area contributed by atoms with Crippen LogP contribution in [0.4, 0.5) is 0 Å². The highest BCUT2D eigenvalue weighted by molar-refractivity contribution is 6.38. The van der Waals surface area contributed by atoms with E-state index in [1.807, 2.05) is 0 Å². The van der Waals surface area contributed by atoms with Crippen LogP contribution >= 0.6 is 0 Å². The van der Waals surface area contributed by atoms with Crippen molar-refractivity contribution in [3.8, 4) is 0 Å². The van der Waals surface area contributed by atoms with E-state index < -0.39 is 11.8 Å². The fourth-order valence-electron chi connectivity index (χ4n) is 0.403. The molecule has 0 bridgehead atoms. The number of carbonyl (C=O) groups is 2. The molecule has 0 spiro atoms. The zero-order valence-corrected chi connectivity index (χ0v) is 6.71. The minimum absolute atomic E-state index is 0.375. The summed E-state index contributed by atoms with van der Waals surface area (Å²) >= 11 is 0. The molecule has 0 rings (SSSR count). The van der Waals surface area contributed by atoms with Gasteiger partial charge in [0.25, 0.3) is 5.78 Å². The molecule has 0 fully saturated rings. The van der Waals surface area contributed by atoms with Crippen molar-refractivity contribution in [3.63, 3.8) is 0 Å². The van der Waals surface area contributed by atoms with Crippen molar-refractivity contribution in [1.29, 1.82) is 0 Å². The average molecular weight is 158 g/mol. The molecule has 0 saturated carbocycles. The summed E-state index contributed by atoms with van der Waals surface area (Å²) in [4.78, 5) is 21.2. The average Bonchev–Trinajstić information content (AvgIpc) is 2.02. The van der Waals surface area contributed by atoms with Crippen molar-refractivity contribution in [1.82, 2.24) is 0 Å². The summed E-state index contributed by atoms with van der Waals surface area (Å²) in [5.74, 6) is -1.23. The van der Waals surface area contributed by atoms with Crippen molar-refractivity contribution < 1.29 is 19.1 Å². The Morgan fingerprint density at radius 3 is 2.09 bits per heavy atom. The molecule has 0 aliphatic carbocycles. The van der Waals surface area contributed by atoms with E-state index in [0.717, 1.165) is 13.2 Å². The first kappa shape index (κ1) is 9.68. The van der Waals surface area contributed by atoms with Gasteiger partial charge in [-0.2, -0.15) is 0 Å². The summed E-state index contributed by atoms with van der Waals surface area (Å²) in [5, 5.41) is 0. The predicted molar refractivity (Wildman–Crippen MR) is 37.8 cm³/mol. The Balaban J connectivity index is 4.17. The van der Waals surface area contributed by atoms with Gasteiger partial charge in [0.15, 0.2) is 0 Å². The first-order valence-electron chi connectivity index (χ1n) is 2.96. The van der Waals surface area contributed by atoms with Crippen LogP contribution in [0.15, 0.2) is 11.8 Å². The van der Waals surface area contributed by atoms with Gasteiger partial charge >= 0.3 is 5.97 Å². The minimum atomic E-state index is -0.888. The van der Waals surface area contributed by atoms with Gasteiger partial charge in [-0.15, -0.1) is 0 Å². The maximum Gasteiger partial charge on any atom is 0.378 e. The van der Waals surface area contributed by atoms with Crippen LogP contribution in [0.3, 0.4) is 0 Å². The van der Waals surface area contributed by atoms with E-state index in [1.54, 1.807) is 6.92 Å². The molecule has 0 saturated heterocycles. The molecule has 0 amide bonds. The van der Waals surface area contributed by atoms with Crippen molar-refractivity contribution >= 4 is 11.8 Å². The topological polar surface area (TPSA) is 52.6 Å². The molecule has 0 N–H and O–H groups in total. The van der Waals surface area contributed by atoms with Crippen LogP contribution in [0.2, 0.25) is 0 Å². The molecule has 0 aromatic rings. The van der Waals surface area contributed by atoms with Crippen LogP contribution in [-0.2, 0) is 19.1 Å². The maximum absolute atomic E-state index is 10.7. The Labute approximate surface area is 64.8 Å². The zero-order valence-electron chi connectivity index (χ0n) is 6.71. The molecule has 0 aliphatic heterocycles. The highest BCUT2D eigenvalue weighted by atomic mass is 16.5. The third-order valence-corrected chi connectivity index (χ3v) is 1.04. The van der Waals surface area contributed by atoms with Gasteiger partial charge in [0.05, 0.1) is 20.0 Å². The molecular weight excluding hydrogens is 148 g/mol. The Bertz CT molecular complexity index is 193. The normalized spacial score (nSPS) is 10.6. The lowest BCUT2D eigenvalue weighted by Crippen LogP contribution is -2.13. The number of carbonyl (C=O) groups excluding carboxylic acids is 2. The van der Waals surface area contributed by atoms with Gasteiger partial charge in [-0.1, -0.05) is 0 Å². The SMILES string of the molecule is COC(=O)C(=O)C=C(C)OC. The van der Waals surface area contributed by atoms with E-state index in [-0.39, 0.29) is 0 Å². The Hall–Kier alpha value is -1.32. The number of allylic oxidation sites excluding steroid dienone is 1. The third kappa shape index (κ3) is 3.40. The van der Waals surface area contributed by atoms with E-state index >= 15 is 0 Å². The molecule has 11 heavy (non-hydrogen) atoms. The fraction of sp³-hybridized carbons (Fsp3) is 0.429. The summed E-state index contributed by atoms with van der Waals surface area (Å²) in [6.45, 7) is 1.57. The minimum Gasteiger partial charge on any atom is -0.501 e. The smallest absolute Gasteiger partial charge is 0.378 e. The number of hydrogen-bond donors (Lipinski definition) is 0. The van der Waals surface area contributed by atoms with Gasteiger partial charge in [0.1, 0.15) is 0 Å². The first-order chi connectivity index (χ1) is 5.11. The Kier molecular flexibility index (Phi) is 3.95. The molecule has 0 atom stereocenters. The molecule has 0 radical (unpaired) electrons. The number of hydrogen-bond acceptors (Lipinski definition) is 4. The quantitative estimate of drug-likeness (QED) is 0.256. The van der Waals surface area contributed by atoms with Gasteiger partial charge in [0.2, 0.25) is 0 Å². The van der Waals surface area contributed by atoms with Crippen LogP contribution < -0.4 is 0 Å². The van der Waals surface area contributed by atoms with Gasteiger partial charge in [-0.25, -0.2) is 4.79 Å². The maximum atomic E-state index is 10.7. The van der Waals surface area contributed by atoms with Gasteiger partial charge in [-0.05, 0) is 6.92 Å². The molecule has 62 valence electrons. The number of esters is 1. The van der Waals surface area contributed by atoms with Crippen LogP contribution in [0.25, 0.3) is 0 Å². The van der Waals surface area contributed by atoms with Gasteiger partial charge in [0, 0.05) is 6.08 Å². The van der Waals surface area contributed by atoms with E-state index in [4.69, 9.17) is 0 Å². The molecule has 4 heteroatoms. The summed E-state index contributed by atoms with van der Waals surface area (Å²) in [5.41, 5.74) is 0. The van der Waals surface area contributed by atoms with Gasteiger partial charge in [-0.3, -0.25) is 4.79 Å². The number of rotatable bonds is 3. The Morgan fingerprint density at radius 2 is 1.73 bits per heavy atom. The first-order valence-corrected chi connectivity index (χ1v) is 2.96. The van der Waals surface area contributed by atoms with Gasteiger partial charge < -0.3 is 9.47 Å². The molecule has 0 unspecified atom stereocenters. The zero-order chi connectivity index (χ0) is 8.85. The Morgan fingerprint density at radius 1 is 1.18 bits per heavy atom. The number of ether oxygens (including phenoxy) is 2. The molecular formula is C7H10O4. The highest BCUT2D eigenvalue weighted by Gasteiger charge is 2.10. The second-order valence-electron chi connectivity index (χ2n) is 1.81. The second-order valence-corrected chi connectivity index (χ2v) is 1.81. The molecule has 4 nitrogen and oxygen atoms in total. The van der Waals surface area contributed by atoms with Crippen LogP contribution in [-0.4, -0.2) is 26.0 Å². The van der Waals surface area contributed by atoms with Crippen LogP contribution in [0.1, 0.15) is 6.92 Å². The highest BCUT2D eigenvalue weighted by Crippen LogP contribution is 1.93. The molecule has 0 heterocycles. The van der Waals surface area contributed by atoms with E-state index in [2.05, 4.69) is 9.47 Å². The summed E-state index contributed by atoms with van der Waals surface area (Å²) in [6, 6.07) is 0. The molecule has 0 aliphatic rings. The lowest BCUT2D eigenvalue weighted by atomic mass is 10.3. The lowest BCUT2D eigenvalue weighted by Gasteiger charge is -1.96. The summed E-state index contributed by atoms with van der Waals surface area (Å²) in [6.07, 6.45) is 1.08. The van der Waals surface area contributed by atoms with E-state index in [1.165, 1.54) is 7.11 Å². The van der Waals surface area contributed by atoms with Crippen LogP contribution in [0, 0.1) is 0 Å². The molecule has 0 aromatic heterocycles.